The molecule has 0 saturated heterocycles. The van der Waals surface area contributed by atoms with E-state index in [0.29, 0.717) is 39.2 Å². The Hall–Kier alpha value is -3.61. The lowest BCUT2D eigenvalue weighted by molar-refractivity contribution is -0.143. The summed E-state index contributed by atoms with van der Waals surface area (Å²) in [6.07, 6.45) is -0.710. The van der Waals surface area contributed by atoms with Gasteiger partial charge in [-0.25, -0.2) is 14.4 Å². The number of fused-ring (bicyclic) bond motifs is 1. The number of dihydropyridines is 1. The Morgan fingerprint density at radius 1 is 0.794 bits per heavy atom. The van der Waals surface area contributed by atoms with Gasteiger partial charge in [0.05, 0.1) is 41.9 Å². The van der Waals surface area contributed by atoms with E-state index in [9.17, 15) is 14.4 Å². The number of hydrogen-bond acceptors (Lipinski definition) is 7. The molecule has 1 heterocycles. The summed E-state index contributed by atoms with van der Waals surface area (Å²) in [6.45, 7) is 10.6. The highest BCUT2D eigenvalue weighted by molar-refractivity contribution is 6.04. The summed E-state index contributed by atoms with van der Waals surface area (Å²) in [5.74, 6) is -2.39. The van der Waals surface area contributed by atoms with E-state index in [-0.39, 0.29) is 12.2 Å². The highest BCUT2D eigenvalue weighted by atomic mass is 16.5. The van der Waals surface area contributed by atoms with Crippen molar-refractivity contribution in [1.29, 1.82) is 0 Å². The SMILES string of the molecule is COC(=O)c1cc(C2C(C(=O)OC(C)C)=C(C)NC(C)=C2C(=O)OC(C)C)c2cccccc1-2. The van der Waals surface area contributed by atoms with Crippen molar-refractivity contribution in [2.75, 3.05) is 7.11 Å². The Morgan fingerprint density at radius 2 is 1.29 bits per heavy atom. The van der Waals surface area contributed by atoms with E-state index in [1.807, 2.05) is 30.3 Å². The number of carbonyl (C=O) groups is 3. The largest absolute Gasteiger partial charge is 0.465 e. The average molecular weight is 466 g/mol. The van der Waals surface area contributed by atoms with Gasteiger partial charge in [0.15, 0.2) is 0 Å². The quantitative estimate of drug-likeness (QED) is 0.488. The Balaban J connectivity index is 2.33. The van der Waals surface area contributed by atoms with Crippen molar-refractivity contribution in [3.8, 4) is 11.1 Å². The van der Waals surface area contributed by atoms with Gasteiger partial charge in [-0.1, -0.05) is 30.3 Å². The van der Waals surface area contributed by atoms with Crippen LogP contribution in [0.15, 0.2) is 58.9 Å². The van der Waals surface area contributed by atoms with E-state index in [0.717, 1.165) is 5.56 Å². The summed E-state index contributed by atoms with van der Waals surface area (Å²) >= 11 is 0. The third-order valence-corrected chi connectivity index (χ3v) is 5.54. The molecule has 0 fully saturated rings. The van der Waals surface area contributed by atoms with E-state index >= 15 is 0 Å². The predicted molar refractivity (Wildman–Crippen MR) is 128 cm³/mol. The van der Waals surface area contributed by atoms with Crippen molar-refractivity contribution < 1.29 is 28.6 Å². The minimum Gasteiger partial charge on any atom is -0.465 e. The van der Waals surface area contributed by atoms with Crippen molar-refractivity contribution >= 4 is 17.9 Å². The zero-order valence-corrected chi connectivity index (χ0v) is 20.6. The van der Waals surface area contributed by atoms with Crippen molar-refractivity contribution in [3.05, 3.63) is 70.1 Å². The molecule has 0 spiro atoms. The first kappa shape index (κ1) is 25.0. The lowest BCUT2D eigenvalue weighted by atomic mass is 9.79. The van der Waals surface area contributed by atoms with Crippen LogP contribution in [0.1, 0.15) is 63.4 Å². The second-order valence-corrected chi connectivity index (χ2v) is 8.79. The van der Waals surface area contributed by atoms with E-state index < -0.39 is 23.8 Å². The van der Waals surface area contributed by atoms with Gasteiger partial charge in [0.2, 0.25) is 0 Å². The van der Waals surface area contributed by atoms with Gasteiger partial charge in [-0.15, -0.1) is 0 Å². The van der Waals surface area contributed by atoms with Gasteiger partial charge in [-0.05, 0) is 64.3 Å². The molecule has 0 amide bonds. The number of rotatable bonds is 6. The molecule has 0 unspecified atom stereocenters. The van der Waals surface area contributed by atoms with Crippen LogP contribution in [-0.2, 0) is 23.8 Å². The van der Waals surface area contributed by atoms with Crippen LogP contribution >= 0.6 is 0 Å². The highest BCUT2D eigenvalue weighted by Gasteiger charge is 2.41. The molecule has 7 heteroatoms. The van der Waals surface area contributed by atoms with Gasteiger partial charge in [-0.3, -0.25) is 0 Å². The lowest BCUT2D eigenvalue weighted by Gasteiger charge is -2.31. The lowest BCUT2D eigenvalue weighted by Crippen LogP contribution is -2.33. The topological polar surface area (TPSA) is 90.9 Å². The Bertz CT molecular complexity index is 1110. The van der Waals surface area contributed by atoms with Crippen LogP contribution in [0, 0.1) is 0 Å². The molecule has 0 radical (unpaired) electrons. The van der Waals surface area contributed by atoms with Crippen LogP contribution in [0.25, 0.3) is 11.1 Å². The normalized spacial score (nSPS) is 14.5. The number of carbonyl (C=O) groups excluding carboxylic acids is 3. The number of methoxy groups -OCH3 is 1. The van der Waals surface area contributed by atoms with Gasteiger partial charge < -0.3 is 19.5 Å². The molecule has 2 aliphatic carbocycles. The third kappa shape index (κ3) is 4.83. The number of allylic oxidation sites excluding steroid dienone is 2. The van der Waals surface area contributed by atoms with Crippen LogP contribution in [0.4, 0.5) is 0 Å². The van der Waals surface area contributed by atoms with E-state index in [1.54, 1.807) is 47.6 Å². The molecule has 0 atom stereocenters. The summed E-state index contributed by atoms with van der Waals surface area (Å²) in [7, 11) is 1.32. The molecular weight excluding hydrogens is 434 g/mol. The third-order valence-electron chi connectivity index (χ3n) is 5.54. The Morgan fingerprint density at radius 3 is 1.76 bits per heavy atom. The molecule has 3 rings (SSSR count). The maximum absolute atomic E-state index is 13.3. The van der Waals surface area contributed by atoms with Gasteiger partial charge in [-0.2, -0.15) is 0 Å². The fourth-order valence-corrected chi connectivity index (χ4v) is 4.26. The van der Waals surface area contributed by atoms with Crippen LogP contribution in [0.2, 0.25) is 0 Å². The summed E-state index contributed by atoms with van der Waals surface area (Å²) in [4.78, 5) is 39.3. The van der Waals surface area contributed by atoms with E-state index in [2.05, 4.69) is 5.32 Å². The molecule has 0 aromatic carbocycles. The second kappa shape index (κ2) is 10.1. The van der Waals surface area contributed by atoms with Gasteiger partial charge in [0.1, 0.15) is 0 Å². The zero-order chi connectivity index (χ0) is 25.2. The maximum atomic E-state index is 13.3. The first-order chi connectivity index (χ1) is 16.1. The summed E-state index contributed by atoms with van der Waals surface area (Å²) in [6, 6.07) is 10.9. The molecule has 1 aliphatic heterocycles. The van der Waals surface area contributed by atoms with Gasteiger partial charge in [0, 0.05) is 11.4 Å². The van der Waals surface area contributed by atoms with Crippen molar-refractivity contribution in [2.45, 2.75) is 59.7 Å². The summed E-state index contributed by atoms with van der Waals surface area (Å²) in [5, 5.41) is 3.15. The highest BCUT2D eigenvalue weighted by Crippen LogP contribution is 2.46. The number of ether oxygens (including phenoxy) is 3. The maximum Gasteiger partial charge on any atom is 0.338 e. The first-order valence-corrected chi connectivity index (χ1v) is 11.3. The van der Waals surface area contributed by atoms with Crippen LogP contribution < -0.4 is 5.32 Å². The van der Waals surface area contributed by atoms with E-state index in [1.165, 1.54) is 7.11 Å². The second-order valence-electron chi connectivity index (χ2n) is 8.79. The molecular formula is C27H31NO6. The fourth-order valence-electron chi connectivity index (χ4n) is 4.26. The molecule has 0 aromatic rings. The van der Waals surface area contributed by atoms with Crippen molar-refractivity contribution in [2.24, 2.45) is 0 Å². The minimum absolute atomic E-state index is 0.296. The summed E-state index contributed by atoms with van der Waals surface area (Å²) in [5.41, 5.74) is 4.10. The molecule has 1 N–H and O–H groups in total. The molecule has 3 aliphatic rings. The smallest absolute Gasteiger partial charge is 0.338 e. The van der Waals surface area contributed by atoms with E-state index in [4.69, 9.17) is 14.2 Å². The number of nitrogens with one attached hydrogen (secondary N) is 1. The van der Waals surface area contributed by atoms with Crippen LogP contribution in [0.3, 0.4) is 0 Å². The van der Waals surface area contributed by atoms with Gasteiger partial charge in [0.25, 0.3) is 0 Å². The first-order valence-electron chi connectivity index (χ1n) is 11.3. The molecule has 0 aromatic heterocycles. The fraction of sp³-hybridized carbons (Fsp3) is 0.370. The Kier molecular flexibility index (Phi) is 7.44. The monoisotopic (exact) mass is 465 g/mol. The van der Waals surface area contributed by atoms with Crippen molar-refractivity contribution in [3.63, 3.8) is 0 Å². The molecule has 0 saturated carbocycles. The molecule has 34 heavy (non-hydrogen) atoms. The van der Waals surface area contributed by atoms with Crippen LogP contribution in [-0.4, -0.2) is 37.2 Å². The Labute approximate surface area is 200 Å². The number of hydrogen-bond donors (Lipinski definition) is 1. The molecule has 180 valence electrons. The zero-order valence-electron chi connectivity index (χ0n) is 20.6. The standard InChI is InChI=1S/C27H31NO6/c1-14(2)33-26(30)22-16(5)28-17(6)23(27(31)34-15(3)4)24(22)20-13-21(25(29)32-7)19-12-10-8-9-11-18(19)20/h8-15,24,28H,1-7H3. The summed E-state index contributed by atoms with van der Waals surface area (Å²) < 4.78 is 16.1. The van der Waals surface area contributed by atoms with Gasteiger partial charge >= 0.3 is 17.9 Å². The predicted octanol–water partition coefficient (Wildman–Crippen LogP) is 4.72. The number of esters is 3. The minimum atomic E-state index is -0.804. The molecule has 7 nitrogen and oxygen atoms in total. The van der Waals surface area contributed by atoms with Crippen LogP contribution in [0.5, 0.6) is 0 Å². The average Bonchev–Trinajstić information content (AvgIpc) is 2.91. The van der Waals surface area contributed by atoms with Crippen molar-refractivity contribution in [1.82, 2.24) is 5.32 Å². The molecule has 0 bridgehead atoms.